The fourth-order valence-corrected chi connectivity index (χ4v) is 3.67. The molecular weight excluding hydrogens is 398 g/mol. The summed E-state index contributed by atoms with van der Waals surface area (Å²) in [5.41, 5.74) is 3.42. The van der Waals surface area contributed by atoms with E-state index in [0.717, 1.165) is 22.6 Å². The highest BCUT2D eigenvalue weighted by atomic mass is 32.1. The number of aromatic amines is 1. The number of aromatic nitrogens is 1. The van der Waals surface area contributed by atoms with Crippen LogP contribution < -0.4 is 20.1 Å². The molecule has 7 heteroatoms. The van der Waals surface area contributed by atoms with Crippen LogP contribution in [0, 0.1) is 0 Å². The van der Waals surface area contributed by atoms with Crippen molar-refractivity contribution in [1.29, 1.82) is 0 Å². The van der Waals surface area contributed by atoms with Crippen molar-refractivity contribution in [2.24, 2.45) is 0 Å². The molecule has 0 aliphatic heterocycles. The van der Waals surface area contributed by atoms with Gasteiger partial charge in [-0.2, -0.15) is 0 Å². The smallest absolute Gasteiger partial charge is 0.166 e. The molecule has 0 saturated carbocycles. The summed E-state index contributed by atoms with van der Waals surface area (Å²) in [6.45, 7) is 4.45. The molecule has 0 amide bonds. The Kier molecular flexibility index (Phi) is 7.93. The van der Waals surface area contributed by atoms with E-state index in [0.29, 0.717) is 31.4 Å². The van der Waals surface area contributed by atoms with Crippen molar-refractivity contribution < 1.29 is 14.2 Å². The van der Waals surface area contributed by atoms with Crippen LogP contribution in [0.5, 0.6) is 11.5 Å². The van der Waals surface area contributed by atoms with Crippen LogP contribution in [0.15, 0.2) is 48.7 Å². The highest BCUT2D eigenvalue weighted by Gasteiger charge is 2.20. The first-order chi connectivity index (χ1) is 14.7. The first-order valence-corrected chi connectivity index (χ1v) is 10.5. The van der Waals surface area contributed by atoms with E-state index in [9.17, 15) is 0 Å². The van der Waals surface area contributed by atoms with E-state index in [1.54, 1.807) is 14.2 Å². The lowest BCUT2D eigenvalue weighted by molar-refractivity contribution is 0.204. The molecule has 3 rings (SSSR count). The Labute approximate surface area is 182 Å². The van der Waals surface area contributed by atoms with Crippen molar-refractivity contribution in [2.75, 3.05) is 40.5 Å². The van der Waals surface area contributed by atoms with Crippen LogP contribution >= 0.6 is 12.2 Å². The normalized spacial score (nSPS) is 11.8. The number of methoxy groups -OCH3 is 2. The Morgan fingerprint density at radius 2 is 1.93 bits per heavy atom. The predicted octanol–water partition coefficient (Wildman–Crippen LogP) is 3.82. The minimum atomic E-state index is 0.0629. The van der Waals surface area contributed by atoms with Gasteiger partial charge in [0.05, 0.1) is 20.3 Å². The van der Waals surface area contributed by atoms with Crippen molar-refractivity contribution in [1.82, 2.24) is 15.6 Å². The van der Waals surface area contributed by atoms with E-state index in [1.165, 1.54) is 10.9 Å². The van der Waals surface area contributed by atoms with E-state index in [-0.39, 0.29) is 5.92 Å². The standard InChI is InChI=1S/C23H29N3O3S/c1-4-29-21-10-9-16(13-22(21)28-3)18(14-26-23(30)24-11-12-27-2)19-15-25-20-8-6-5-7-17(19)20/h5-10,13,15,18,25H,4,11-12,14H2,1-3H3,(H2,24,26,30)/t18-/m0/s1. The maximum Gasteiger partial charge on any atom is 0.166 e. The van der Waals surface area contributed by atoms with Crippen molar-refractivity contribution in [2.45, 2.75) is 12.8 Å². The second kappa shape index (κ2) is 10.8. The third-order valence-electron chi connectivity index (χ3n) is 4.95. The topological polar surface area (TPSA) is 67.5 Å². The summed E-state index contributed by atoms with van der Waals surface area (Å²) in [5, 5.41) is 8.31. The van der Waals surface area contributed by atoms with Gasteiger partial charge in [0, 0.05) is 43.2 Å². The number of hydrogen-bond acceptors (Lipinski definition) is 4. The number of para-hydroxylation sites is 1. The molecule has 6 nitrogen and oxygen atoms in total. The van der Waals surface area contributed by atoms with Gasteiger partial charge >= 0.3 is 0 Å². The molecule has 1 heterocycles. The largest absolute Gasteiger partial charge is 0.493 e. The lowest BCUT2D eigenvalue weighted by Gasteiger charge is -2.21. The number of rotatable bonds is 10. The Morgan fingerprint density at radius 1 is 1.10 bits per heavy atom. The van der Waals surface area contributed by atoms with Crippen LogP contribution in [0.3, 0.4) is 0 Å². The highest BCUT2D eigenvalue weighted by molar-refractivity contribution is 7.80. The number of nitrogens with one attached hydrogen (secondary N) is 3. The van der Waals surface area contributed by atoms with E-state index in [2.05, 4.69) is 46.1 Å². The quantitative estimate of drug-likeness (QED) is 0.338. The summed E-state index contributed by atoms with van der Waals surface area (Å²) in [4.78, 5) is 3.38. The van der Waals surface area contributed by atoms with Crippen molar-refractivity contribution in [3.8, 4) is 11.5 Å². The minimum Gasteiger partial charge on any atom is -0.493 e. The summed E-state index contributed by atoms with van der Waals surface area (Å²) in [7, 11) is 3.33. The molecule has 3 aromatic rings. The van der Waals surface area contributed by atoms with Gasteiger partial charge in [0.2, 0.25) is 0 Å². The Bertz CT molecular complexity index is 973. The molecule has 0 aliphatic carbocycles. The Balaban J connectivity index is 1.91. The maximum absolute atomic E-state index is 5.69. The number of fused-ring (bicyclic) bond motifs is 1. The summed E-state index contributed by atoms with van der Waals surface area (Å²) < 4.78 is 16.3. The molecule has 160 valence electrons. The molecule has 1 atom stereocenters. The fraction of sp³-hybridized carbons (Fsp3) is 0.348. The number of ether oxygens (including phenoxy) is 3. The zero-order valence-electron chi connectivity index (χ0n) is 17.7. The zero-order chi connectivity index (χ0) is 21.3. The van der Waals surface area contributed by atoms with Gasteiger partial charge in [0.25, 0.3) is 0 Å². The number of thiocarbonyl (C=S) groups is 1. The first-order valence-electron chi connectivity index (χ1n) is 10.0. The third kappa shape index (κ3) is 5.23. The van der Waals surface area contributed by atoms with Crippen molar-refractivity contribution in [3.05, 3.63) is 59.8 Å². The van der Waals surface area contributed by atoms with Gasteiger partial charge in [-0.05, 0) is 48.5 Å². The molecule has 1 aromatic heterocycles. The zero-order valence-corrected chi connectivity index (χ0v) is 18.5. The van der Waals surface area contributed by atoms with Gasteiger partial charge in [-0.3, -0.25) is 0 Å². The molecule has 0 unspecified atom stereocenters. The summed E-state index contributed by atoms with van der Waals surface area (Å²) >= 11 is 5.43. The SMILES string of the molecule is CCOc1ccc([C@H](CNC(=S)NCCOC)c2c[nH]c3ccccc23)cc1OC. The lowest BCUT2D eigenvalue weighted by Crippen LogP contribution is -2.39. The average molecular weight is 428 g/mol. The van der Waals surface area contributed by atoms with E-state index in [4.69, 9.17) is 26.4 Å². The van der Waals surface area contributed by atoms with Crippen molar-refractivity contribution in [3.63, 3.8) is 0 Å². The van der Waals surface area contributed by atoms with E-state index < -0.39 is 0 Å². The lowest BCUT2D eigenvalue weighted by atomic mass is 9.90. The molecule has 0 radical (unpaired) electrons. The molecule has 0 saturated heterocycles. The van der Waals surface area contributed by atoms with Crippen LogP contribution in [-0.4, -0.2) is 50.6 Å². The fourth-order valence-electron chi connectivity index (χ4n) is 3.49. The van der Waals surface area contributed by atoms with Gasteiger partial charge in [-0.25, -0.2) is 0 Å². The molecule has 3 N–H and O–H groups in total. The summed E-state index contributed by atoms with van der Waals surface area (Å²) in [6, 6.07) is 14.4. The first kappa shape index (κ1) is 21.9. The predicted molar refractivity (Wildman–Crippen MR) is 125 cm³/mol. The molecule has 0 fully saturated rings. The van der Waals surface area contributed by atoms with Gasteiger partial charge in [0.15, 0.2) is 16.6 Å². The van der Waals surface area contributed by atoms with Crippen LogP contribution in [0.2, 0.25) is 0 Å². The molecule has 0 spiro atoms. The van der Waals surface area contributed by atoms with Gasteiger partial charge in [-0.15, -0.1) is 0 Å². The summed E-state index contributed by atoms with van der Waals surface area (Å²) in [5.74, 6) is 1.53. The van der Waals surface area contributed by atoms with Crippen LogP contribution in [0.25, 0.3) is 10.9 Å². The average Bonchev–Trinajstić information content (AvgIpc) is 3.19. The van der Waals surface area contributed by atoms with Crippen LogP contribution in [-0.2, 0) is 4.74 Å². The van der Waals surface area contributed by atoms with Gasteiger partial charge in [0.1, 0.15) is 0 Å². The monoisotopic (exact) mass is 427 g/mol. The molecule has 0 bridgehead atoms. The van der Waals surface area contributed by atoms with Gasteiger partial charge in [-0.1, -0.05) is 24.3 Å². The second-order valence-corrected chi connectivity index (χ2v) is 7.22. The minimum absolute atomic E-state index is 0.0629. The van der Waals surface area contributed by atoms with Gasteiger partial charge < -0.3 is 29.8 Å². The molecular formula is C23H29N3O3S. The molecule has 0 aliphatic rings. The molecule has 30 heavy (non-hydrogen) atoms. The number of benzene rings is 2. The summed E-state index contributed by atoms with van der Waals surface area (Å²) in [6.07, 6.45) is 2.07. The van der Waals surface area contributed by atoms with Crippen molar-refractivity contribution >= 4 is 28.2 Å². The number of H-pyrrole nitrogens is 1. The van der Waals surface area contributed by atoms with E-state index >= 15 is 0 Å². The van der Waals surface area contributed by atoms with Crippen LogP contribution in [0.4, 0.5) is 0 Å². The second-order valence-electron chi connectivity index (χ2n) is 6.82. The third-order valence-corrected chi connectivity index (χ3v) is 5.23. The number of hydrogen-bond donors (Lipinski definition) is 3. The van der Waals surface area contributed by atoms with Crippen LogP contribution in [0.1, 0.15) is 24.0 Å². The molecule has 2 aromatic carbocycles. The highest BCUT2D eigenvalue weighted by Crippen LogP contribution is 2.35. The maximum atomic E-state index is 5.69. The Hall–Kier alpha value is -2.77. The van der Waals surface area contributed by atoms with E-state index in [1.807, 2.05) is 25.1 Å². The Morgan fingerprint density at radius 3 is 2.70 bits per heavy atom.